The standard InChI is InChI=1S/C16H25NO4/c1-4-14(21-13-8-6-5-7-9-13)15(18)17-12-16(2,19)10-11-20-3/h5-9,14,19H,4,10-12H2,1-3H3,(H,17,18). The molecule has 1 amide bonds. The Labute approximate surface area is 126 Å². The lowest BCUT2D eigenvalue weighted by Gasteiger charge is -2.25. The van der Waals surface area contributed by atoms with Crippen LogP contribution in [0.3, 0.4) is 0 Å². The van der Waals surface area contributed by atoms with Gasteiger partial charge in [0.15, 0.2) is 6.10 Å². The van der Waals surface area contributed by atoms with Gasteiger partial charge in [-0.15, -0.1) is 0 Å². The van der Waals surface area contributed by atoms with Crippen molar-refractivity contribution in [1.82, 2.24) is 5.32 Å². The minimum atomic E-state index is -0.989. The molecule has 1 aromatic carbocycles. The van der Waals surface area contributed by atoms with Crippen molar-refractivity contribution in [3.8, 4) is 5.75 Å². The average Bonchev–Trinajstić information content (AvgIpc) is 2.49. The Balaban J connectivity index is 2.48. The van der Waals surface area contributed by atoms with E-state index in [1.807, 2.05) is 37.3 Å². The average molecular weight is 295 g/mol. The van der Waals surface area contributed by atoms with Crippen LogP contribution < -0.4 is 10.1 Å². The third-order valence-electron chi connectivity index (χ3n) is 3.17. The van der Waals surface area contributed by atoms with Crippen LogP contribution in [0.15, 0.2) is 30.3 Å². The Bertz CT molecular complexity index is 420. The van der Waals surface area contributed by atoms with Crippen LogP contribution in [0, 0.1) is 0 Å². The van der Waals surface area contributed by atoms with Crippen LogP contribution in [0.5, 0.6) is 5.75 Å². The number of para-hydroxylation sites is 1. The number of carbonyl (C=O) groups is 1. The smallest absolute Gasteiger partial charge is 0.261 e. The second-order valence-electron chi connectivity index (χ2n) is 5.29. The minimum absolute atomic E-state index is 0.170. The quantitative estimate of drug-likeness (QED) is 0.728. The third-order valence-corrected chi connectivity index (χ3v) is 3.17. The molecule has 0 bridgehead atoms. The molecular weight excluding hydrogens is 270 g/mol. The van der Waals surface area contributed by atoms with Crippen molar-refractivity contribution in [2.24, 2.45) is 0 Å². The molecule has 0 aliphatic carbocycles. The molecule has 0 radical (unpaired) electrons. The number of nitrogens with one attached hydrogen (secondary N) is 1. The van der Waals surface area contributed by atoms with Gasteiger partial charge in [-0.05, 0) is 25.5 Å². The first kappa shape index (κ1) is 17.5. The van der Waals surface area contributed by atoms with Crippen LogP contribution in [-0.2, 0) is 9.53 Å². The first-order chi connectivity index (χ1) is 9.98. The van der Waals surface area contributed by atoms with Crippen molar-refractivity contribution in [1.29, 1.82) is 0 Å². The molecule has 1 aromatic rings. The summed E-state index contributed by atoms with van der Waals surface area (Å²) in [7, 11) is 1.58. The molecule has 5 heteroatoms. The van der Waals surface area contributed by atoms with Gasteiger partial charge >= 0.3 is 0 Å². The van der Waals surface area contributed by atoms with E-state index in [1.54, 1.807) is 14.0 Å². The summed E-state index contributed by atoms with van der Waals surface area (Å²) in [5.41, 5.74) is -0.989. The van der Waals surface area contributed by atoms with E-state index in [1.165, 1.54) is 0 Å². The maximum Gasteiger partial charge on any atom is 0.261 e. The highest BCUT2D eigenvalue weighted by Crippen LogP contribution is 2.13. The molecule has 118 valence electrons. The molecule has 5 nitrogen and oxygen atoms in total. The number of amides is 1. The van der Waals surface area contributed by atoms with Gasteiger partial charge in [0.1, 0.15) is 5.75 Å². The van der Waals surface area contributed by atoms with Crippen LogP contribution in [0.25, 0.3) is 0 Å². The molecule has 2 unspecified atom stereocenters. The second-order valence-corrected chi connectivity index (χ2v) is 5.29. The lowest BCUT2D eigenvalue weighted by molar-refractivity contribution is -0.129. The highest BCUT2D eigenvalue weighted by molar-refractivity contribution is 5.81. The summed E-state index contributed by atoms with van der Waals surface area (Å²) in [4.78, 5) is 12.1. The van der Waals surface area contributed by atoms with Crippen molar-refractivity contribution in [2.45, 2.75) is 38.4 Å². The van der Waals surface area contributed by atoms with Crippen molar-refractivity contribution >= 4 is 5.91 Å². The maximum atomic E-state index is 12.1. The lowest BCUT2D eigenvalue weighted by atomic mass is 10.0. The van der Waals surface area contributed by atoms with E-state index in [0.29, 0.717) is 25.2 Å². The lowest BCUT2D eigenvalue weighted by Crippen LogP contribution is -2.46. The van der Waals surface area contributed by atoms with Gasteiger partial charge in [-0.1, -0.05) is 25.1 Å². The molecule has 0 aliphatic rings. The van der Waals surface area contributed by atoms with Crippen LogP contribution in [0.2, 0.25) is 0 Å². The number of hydrogen-bond donors (Lipinski definition) is 2. The summed E-state index contributed by atoms with van der Waals surface area (Å²) < 4.78 is 10.6. The van der Waals surface area contributed by atoms with Gasteiger partial charge in [-0.3, -0.25) is 4.79 Å². The molecule has 0 spiro atoms. The Morgan fingerprint density at radius 2 is 2.05 bits per heavy atom. The number of methoxy groups -OCH3 is 1. The maximum absolute atomic E-state index is 12.1. The van der Waals surface area contributed by atoms with Crippen molar-refractivity contribution in [2.75, 3.05) is 20.3 Å². The predicted octanol–water partition coefficient (Wildman–Crippen LogP) is 1.75. The molecule has 0 aromatic heterocycles. The molecular formula is C16H25NO4. The van der Waals surface area contributed by atoms with Crippen LogP contribution in [0.4, 0.5) is 0 Å². The fourth-order valence-electron chi connectivity index (χ4n) is 1.79. The summed E-state index contributed by atoms with van der Waals surface area (Å²) in [5.74, 6) is 0.435. The summed E-state index contributed by atoms with van der Waals surface area (Å²) >= 11 is 0. The zero-order valence-corrected chi connectivity index (χ0v) is 13.0. The van der Waals surface area contributed by atoms with E-state index >= 15 is 0 Å². The van der Waals surface area contributed by atoms with Gasteiger partial charge in [0.25, 0.3) is 5.91 Å². The van der Waals surface area contributed by atoms with Crippen molar-refractivity contribution in [3.63, 3.8) is 0 Å². The van der Waals surface area contributed by atoms with Gasteiger partial charge < -0.3 is 19.9 Å². The normalized spacial score (nSPS) is 15.0. The summed E-state index contributed by atoms with van der Waals surface area (Å²) in [5, 5.41) is 12.8. The Hall–Kier alpha value is -1.59. The van der Waals surface area contributed by atoms with Gasteiger partial charge in [-0.2, -0.15) is 0 Å². The van der Waals surface area contributed by atoms with E-state index in [0.717, 1.165) is 0 Å². The first-order valence-corrected chi connectivity index (χ1v) is 7.19. The summed E-state index contributed by atoms with van der Waals surface area (Å²) in [6.07, 6.45) is 0.451. The Kier molecular flexibility index (Phi) is 7.19. The molecule has 0 saturated carbocycles. The highest BCUT2D eigenvalue weighted by Gasteiger charge is 2.24. The van der Waals surface area contributed by atoms with Gasteiger partial charge in [0.05, 0.1) is 5.60 Å². The Morgan fingerprint density at radius 1 is 1.38 bits per heavy atom. The molecule has 0 heterocycles. The van der Waals surface area contributed by atoms with Crippen LogP contribution in [0.1, 0.15) is 26.7 Å². The molecule has 0 fully saturated rings. The number of aliphatic hydroxyl groups is 1. The van der Waals surface area contributed by atoms with E-state index in [-0.39, 0.29) is 12.5 Å². The summed E-state index contributed by atoms with van der Waals surface area (Å²) in [6, 6.07) is 9.22. The highest BCUT2D eigenvalue weighted by atomic mass is 16.5. The molecule has 2 N–H and O–H groups in total. The van der Waals surface area contributed by atoms with Gasteiger partial charge in [-0.25, -0.2) is 0 Å². The largest absolute Gasteiger partial charge is 0.481 e. The molecule has 2 atom stereocenters. The molecule has 0 saturated heterocycles. The molecule has 1 rings (SSSR count). The fourth-order valence-corrected chi connectivity index (χ4v) is 1.79. The van der Waals surface area contributed by atoms with Gasteiger partial charge in [0, 0.05) is 26.7 Å². The fraction of sp³-hybridized carbons (Fsp3) is 0.562. The first-order valence-electron chi connectivity index (χ1n) is 7.19. The zero-order chi connectivity index (χ0) is 15.7. The number of hydrogen-bond acceptors (Lipinski definition) is 4. The number of rotatable bonds is 9. The van der Waals surface area contributed by atoms with Crippen LogP contribution >= 0.6 is 0 Å². The SMILES string of the molecule is CCC(Oc1ccccc1)C(=O)NCC(C)(O)CCOC. The number of ether oxygens (including phenoxy) is 2. The minimum Gasteiger partial charge on any atom is -0.481 e. The second kappa shape index (κ2) is 8.64. The van der Waals surface area contributed by atoms with Crippen molar-refractivity contribution in [3.05, 3.63) is 30.3 Å². The number of benzene rings is 1. The van der Waals surface area contributed by atoms with Gasteiger partial charge in [0.2, 0.25) is 0 Å². The third kappa shape index (κ3) is 6.60. The van der Waals surface area contributed by atoms with Crippen molar-refractivity contribution < 1.29 is 19.4 Å². The van der Waals surface area contributed by atoms with E-state index in [2.05, 4.69) is 5.32 Å². The zero-order valence-electron chi connectivity index (χ0n) is 13.0. The Morgan fingerprint density at radius 3 is 2.62 bits per heavy atom. The van der Waals surface area contributed by atoms with E-state index in [4.69, 9.17) is 9.47 Å². The molecule has 21 heavy (non-hydrogen) atoms. The predicted molar refractivity (Wildman–Crippen MR) is 81.3 cm³/mol. The number of carbonyl (C=O) groups excluding carboxylic acids is 1. The molecule has 0 aliphatic heterocycles. The topological polar surface area (TPSA) is 67.8 Å². The van der Waals surface area contributed by atoms with E-state index in [9.17, 15) is 9.90 Å². The van der Waals surface area contributed by atoms with Crippen LogP contribution in [-0.4, -0.2) is 43.0 Å². The summed E-state index contributed by atoms with van der Waals surface area (Å²) in [6.45, 7) is 4.17. The monoisotopic (exact) mass is 295 g/mol. The van der Waals surface area contributed by atoms with E-state index < -0.39 is 11.7 Å².